The molecule has 0 saturated heterocycles. The van der Waals surface area contributed by atoms with Crippen LogP contribution in [0.2, 0.25) is 5.02 Å². The normalized spacial score (nSPS) is 10.8. The van der Waals surface area contributed by atoms with Crippen molar-refractivity contribution in [1.82, 2.24) is 14.8 Å². The lowest BCUT2D eigenvalue weighted by Crippen LogP contribution is -2.16. The first-order valence-corrected chi connectivity index (χ1v) is 13.7. The Balaban J connectivity index is 1.45. The SMILES string of the molecule is C=CCn1c(CCc2ccccc2)nnc1SCC(=O)Nc1scc(-c2ccc(Cl)cc2)c1C(=O)OC. The van der Waals surface area contributed by atoms with Gasteiger partial charge in [-0.15, -0.1) is 28.1 Å². The minimum atomic E-state index is -0.525. The summed E-state index contributed by atoms with van der Waals surface area (Å²) in [5.41, 5.74) is 3.01. The number of allylic oxidation sites excluding steroid dienone is 1. The second kappa shape index (κ2) is 12.7. The van der Waals surface area contributed by atoms with E-state index in [4.69, 9.17) is 16.3 Å². The van der Waals surface area contributed by atoms with Gasteiger partial charge in [-0.25, -0.2) is 4.79 Å². The molecule has 0 radical (unpaired) electrons. The van der Waals surface area contributed by atoms with E-state index in [1.54, 1.807) is 18.2 Å². The van der Waals surface area contributed by atoms with E-state index in [1.807, 2.05) is 40.3 Å². The third-order valence-corrected chi connectivity index (χ3v) is 7.62. The van der Waals surface area contributed by atoms with E-state index in [0.717, 1.165) is 24.2 Å². The predicted octanol–water partition coefficient (Wildman–Crippen LogP) is 6.15. The number of rotatable bonds is 11. The Kier molecular flexibility index (Phi) is 9.16. The summed E-state index contributed by atoms with van der Waals surface area (Å²) in [5, 5.41) is 15.0. The second-order valence-electron chi connectivity index (χ2n) is 7.97. The van der Waals surface area contributed by atoms with Gasteiger partial charge in [0.15, 0.2) is 5.16 Å². The molecule has 0 aliphatic heterocycles. The van der Waals surface area contributed by atoms with E-state index >= 15 is 0 Å². The highest BCUT2D eigenvalue weighted by Gasteiger charge is 2.23. The number of nitrogens with one attached hydrogen (secondary N) is 1. The maximum atomic E-state index is 12.9. The van der Waals surface area contributed by atoms with E-state index < -0.39 is 5.97 Å². The molecule has 0 saturated carbocycles. The quantitative estimate of drug-likeness (QED) is 0.136. The average Bonchev–Trinajstić information content (AvgIpc) is 3.51. The third kappa shape index (κ3) is 6.68. The molecular formula is C27H25ClN4O3S2. The topological polar surface area (TPSA) is 86.1 Å². The molecule has 1 amide bonds. The van der Waals surface area contributed by atoms with Crippen molar-refractivity contribution >= 4 is 51.6 Å². The number of benzene rings is 2. The number of halogens is 1. The molecule has 7 nitrogen and oxygen atoms in total. The summed E-state index contributed by atoms with van der Waals surface area (Å²) >= 11 is 8.55. The summed E-state index contributed by atoms with van der Waals surface area (Å²) in [5.74, 6) is 0.148. The van der Waals surface area contributed by atoms with Gasteiger partial charge in [0.1, 0.15) is 16.4 Å². The zero-order chi connectivity index (χ0) is 26.2. The number of methoxy groups -OCH3 is 1. The van der Waals surface area contributed by atoms with Gasteiger partial charge in [-0.05, 0) is 29.7 Å². The Morgan fingerprint density at radius 2 is 1.89 bits per heavy atom. The molecule has 0 aliphatic rings. The molecule has 0 fully saturated rings. The van der Waals surface area contributed by atoms with Crippen LogP contribution in [0, 0.1) is 0 Å². The van der Waals surface area contributed by atoms with E-state index in [2.05, 4.69) is 34.2 Å². The fraction of sp³-hybridized carbons (Fsp3) is 0.185. The van der Waals surface area contributed by atoms with Gasteiger partial charge in [0.2, 0.25) is 5.91 Å². The monoisotopic (exact) mass is 552 g/mol. The summed E-state index contributed by atoms with van der Waals surface area (Å²) in [6, 6.07) is 17.3. The summed E-state index contributed by atoms with van der Waals surface area (Å²) in [6.07, 6.45) is 3.35. The van der Waals surface area contributed by atoms with Crippen LogP contribution in [0.4, 0.5) is 5.00 Å². The Morgan fingerprint density at radius 3 is 2.59 bits per heavy atom. The zero-order valence-corrected chi connectivity index (χ0v) is 22.5. The van der Waals surface area contributed by atoms with Crippen molar-refractivity contribution < 1.29 is 14.3 Å². The van der Waals surface area contributed by atoms with Gasteiger partial charge in [-0.2, -0.15) is 0 Å². The lowest BCUT2D eigenvalue weighted by Gasteiger charge is -2.09. The Morgan fingerprint density at radius 1 is 1.14 bits per heavy atom. The maximum absolute atomic E-state index is 12.9. The molecule has 0 bridgehead atoms. The predicted molar refractivity (Wildman–Crippen MR) is 150 cm³/mol. The molecule has 2 aromatic heterocycles. The number of ether oxygens (including phenoxy) is 1. The largest absolute Gasteiger partial charge is 0.465 e. The first-order chi connectivity index (χ1) is 18.0. The second-order valence-corrected chi connectivity index (χ2v) is 10.2. The number of aryl methyl sites for hydroxylation is 2. The number of thiophene rings is 1. The molecule has 190 valence electrons. The Bertz CT molecular complexity index is 1380. The summed E-state index contributed by atoms with van der Waals surface area (Å²) in [7, 11) is 1.31. The number of amides is 1. The van der Waals surface area contributed by atoms with Crippen molar-refractivity contribution in [1.29, 1.82) is 0 Å². The van der Waals surface area contributed by atoms with Crippen LogP contribution < -0.4 is 5.32 Å². The maximum Gasteiger partial charge on any atom is 0.341 e. The fourth-order valence-corrected chi connectivity index (χ4v) is 5.58. The average molecular weight is 553 g/mol. The summed E-state index contributed by atoms with van der Waals surface area (Å²) < 4.78 is 6.96. The number of carbonyl (C=O) groups excluding carboxylic acids is 2. The van der Waals surface area contributed by atoms with Crippen molar-refractivity contribution in [3.8, 4) is 11.1 Å². The molecule has 2 aromatic carbocycles. The summed E-state index contributed by atoms with van der Waals surface area (Å²) in [6.45, 7) is 4.38. The number of carbonyl (C=O) groups is 2. The van der Waals surface area contributed by atoms with E-state index in [1.165, 1.54) is 35.8 Å². The van der Waals surface area contributed by atoms with Crippen LogP contribution in [0.1, 0.15) is 21.7 Å². The van der Waals surface area contributed by atoms with Crippen LogP contribution in [-0.4, -0.2) is 39.5 Å². The lowest BCUT2D eigenvalue weighted by atomic mass is 10.0. The first kappa shape index (κ1) is 26.7. The third-order valence-electron chi connectivity index (χ3n) is 5.51. The summed E-state index contributed by atoms with van der Waals surface area (Å²) in [4.78, 5) is 25.4. The zero-order valence-electron chi connectivity index (χ0n) is 20.1. The fourth-order valence-electron chi connectivity index (χ4n) is 3.71. The molecule has 10 heteroatoms. The highest BCUT2D eigenvalue weighted by Crippen LogP contribution is 2.36. The molecule has 37 heavy (non-hydrogen) atoms. The number of thioether (sulfide) groups is 1. The Labute approximate surface area is 228 Å². The number of hydrogen-bond acceptors (Lipinski definition) is 7. The Hall–Kier alpha value is -3.40. The standard InChI is InChI=1S/C27H25ClN4O3S2/c1-3-15-32-22(14-9-18-7-5-4-6-8-18)30-31-27(32)37-17-23(33)29-25-24(26(34)35-2)21(16-36-25)19-10-12-20(28)13-11-19/h3-8,10-13,16H,1,9,14-15,17H2,2H3,(H,29,33). The van der Waals surface area contributed by atoms with Crippen LogP contribution in [0.5, 0.6) is 0 Å². The van der Waals surface area contributed by atoms with Gasteiger partial charge in [-0.1, -0.05) is 71.9 Å². The van der Waals surface area contributed by atoms with Gasteiger partial charge in [0, 0.05) is 28.9 Å². The van der Waals surface area contributed by atoms with E-state index in [0.29, 0.717) is 32.9 Å². The smallest absolute Gasteiger partial charge is 0.341 e. The molecule has 0 unspecified atom stereocenters. The number of hydrogen-bond donors (Lipinski definition) is 1. The molecule has 0 spiro atoms. The molecule has 1 N–H and O–H groups in total. The highest BCUT2D eigenvalue weighted by atomic mass is 35.5. The number of esters is 1. The number of aromatic nitrogens is 3. The van der Waals surface area contributed by atoms with Crippen LogP contribution >= 0.6 is 34.7 Å². The minimum absolute atomic E-state index is 0.1000. The van der Waals surface area contributed by atoms with Crippen LogP contribution in [0.15, 0.2) is 77.8 Å². The van der Waals surface area contributed by atoms with Crippen molar-refractivity contribution in [3.05, 3.63) is 94.6 Å². The number of nitrogens with zero attached hydrogens (tertiary/aromatic N) is 3. The molecule has 2 heterocycles. The van der Waals surface area contributed by atoms with Crippen LogP contribution in [0.3, 0.4) is 0 Å². The van der Waals surface area contributed by atoms with Crippen molar-refractivity contribution in [2.24, 2.45) is 0 Å². The molecule has 4 rings (SSSR count). The number of anilines is 1. The van der Waals surface area contributed by atoms with Crippen molar-refractivity contribution in [2.75, 3.05) is 18.2 Å². The van der Waals surface area contributed by atoms with Gasteiger partial charge in [-0.3, -0.25) is 4.79 Å². The van der Waals surface area contributed by atoms with Crippen molar-refractivity contribution in [3.63, 3.8) is 0 Å². The minimum Gasteiger partial charge on any atom is -0.465 e. The molecular weight excluding hydrogens is 528 g/mol. The van der Waals surface area contributed by atoms with Crippen LogP contribution in [-0.2, 0) is 28.9 Å². The van der Waals surface area contributed by atoms with E-state index in [9.17, 15) is 9.59 Å². The molecule has 4 aromatic rings. The molecule has 0 aliphatic carbocycles. The highest BCUT2D eigenvalue weighted by molar-refractivity contribution is 7.99. The van der Waals surface area contributed by atoms with Gasteiger partial charge in [0.05, 0.1) is 12.9 Å². The van der Waals surface area contributed by atoms with E-state index in [-0.39, 0.29) is 11.7 Å². The first-order valence-electron chi connectivity index (χ1n) is 11.5. The van der Waals surface area contributed by atoms with Gasteiger partial charge in [0.25, 0.3) is 0 Å². The molecule has 0 atom stereocenters. The van der Waals surface area contributed by atoms with Gasteiger partial charge < -0.3 is 14.6 Å². The lowest BCUT2D eigenvalue weighted by molar-refractivity contribution is -0.113. The van der Waals surface area contributed by atoms with Crippen molar-refractivity contribution in [2.45, 2.75) is 24.5 Å². The van der Waals surface area contributed by atoms with Gasteiger partial charge >= 0.3 is 5.97 Å². The van der Waals surface area contributed by atoms with Crippen LogP contribution in [0.25, 0.3) is 11.1 Å².